The number of amides is 1. The minimum absolute atomic E-state index is 0.0294. The average Bonchev–Trinajstić information content (AvgIpc) is 3.22. The monoisotopic (exact) mass is 549 g/mol. The van der Waals surface area contributed by atoms with Gasteiger partial charge in [0.25, 0.3) is 11.7 Å². The van der Waals surface area contributed by atoms with E-state index in [1.165, 1.54) is 83.8 Å². The van der Waals surface area contributed by atoms with E-state index in [1.807, 2.05) is 6.07 Å². The van der Waals surface area contributed by atoms with Crippen LogP contribution in [0.25, 0.3) is 5.76 Å². The van der Waals surface area contributed by atoms with Crippen molar-refractivity contribution in [1.82, 2.24) is 4.90 Å². The van der Waals surface area contributed by atoms with Crippen LogP contribution < -0.4 is 4.74 Å². The number of ketones is 1. The molecule has 0 aromatic heterocycles. The molecule has 0 radical (unpaired) electrons. The van der Waals surface area contributed by atoms with Gasteiger partial charge in [0, 0.05) is 12.1 Å². The highest BCUT2D eigenvalue weighted by molar-refractivity contribution is 6.46. The summed E-state index contributed by atoms with van der Waals surface area (Å²) in [7, 11) is 1.45. The quantitative estimate of drug-likeness (QED) is 0.0845. The molecule has 0 bridgehead atoms. The van der Waals surface area contributed by atoms with E-state index in [0.29, 0.717) is 17.7 Å². The first-order chi connectivity index (χ1) is 19.5. The van der Waals surface area contributed by atoms with Gasteiger partial charge in [-0.05, 0) is 24.1 Å². The van der Waals surface area contributed by atoms with Crippen LogP contribution in [0.3, 0.4) is 0 Å². The number of phenolic OH excluding ortho intramolecular Hbond substituents is 1. The molecule has 1 amide bonds. The summed E-state index contributed by atoms with van der Waals surface area (Å²) in [5.74, 6) is -1.27. The second kappa shape index (κ2) is 16.7. The number of ether oxygens (including phenoxy) is 1. The fraction of sp³-hybridized carbons (Fsp3) is 0.529. The van der Waals surface area contributed by atoms with Crippen LogP contribution in [-0.4, -0.2) is 40.5 Å². The van der Waals surface area contributed by atoms with E-state index >= 15 is 0 Å². The second-order valence-corrected chi connectivity index (χ2v) is 10.9. The summed E-state index contributed by atoms with van der Waals surface area (Å²) in [5.41, 5.74) is 1.15. The summed E-state index contributed by atoms with van der Waals surface area (Å²) in [4.78, 5) is 27.9. The number of rotatable bonds is 18. The van der Waals surface area contributed by atoms with Gasteiger partial charge in [-0.15, -0.1) is 0 Å². The first-order valence-electron chi connectivity index (χ1n) is 15.2. The van der Waals surface area contributed by atoms with E-state index in [1.54, 1.807) is 41.3 Å². The van der Waals surface area contributed by atoms with E-state index in [-0.39, 0.29) is 22.8 Å². The molecule has 3 rings (SSSR count). The van der Waals surface area contributed by atoms with Crippen molar-refractivity contribution in [3.05, 3.63) is 65.2 Å². The maximum absolute atomic E-state index is 13.2. The summed E-state index contributed by atoms with van der Waals surface area (Å²) in [6.45, 7) is 2.67. The molecule has 6 heteroatoms. The van der Waals surface area contributed by atoms with E-state index in [4.69, 9.17) is 4.74 Å². The van der Waals surface area contributed by atoms with Crippen LogP contribution >= 0.6 is 0 Å². The van der Waals surface area contributed by atoms with Gasteiger partial charge in [0.2, 0.25) is 0 Å². The number of hydrogen-bond acceptors (Lipinski definition) is 5. The summed E-state index contributed by atoms with van der Waals surface area (Å²) in [6, 6.07) is 12.8. The van der Waals surface area contributed by atoms with E-state index < -0.39 is 17.7 Å². The number of phenols is 1. The SMILES string of the molecule is CCCCCCCCCCCCCCCCN1C(=O)C(=O)C(=C(O)c2ccccc2)C1c1ccc(O)c(OC)c1. The van der Waals surface area contributed by atoms with Crippen molar-refractivity contribution in [2.75, 3.05) is 13.7 Å². The molecule has 1 aliphatic heterocycles. The molecule has 1 saturated heterocycles. The summed E-state index contributed by atoms with van der Waals surface area (Å²) in [5, 5.41) is 21.2. The molecule has 2 aromatic carbocycles. The highest BCUT2D eigenvalue weighted by Crippen LogP contribution is 2.41. The molecule has 0 spiro atoms. The number of carbonyl (C=O) groups excluding carboxylic acids is 2. The zero-order valence-electron chi connectivity index (χ0n) is 24.4. The zero-order chi connectivity index (χ0) is 28.7. The Morgan fingerprint density at radius 2 is 1.35 bits per heavy atom. The highest BCUT2D eigenvalue weighted by Gasteiger charge is 2.46. The van der Waals surface area contributed by atoms with E-state index in [2.05, 4.69) is 6.92 Å². The van der Waals surface area contributed by atoms with Gasteiger partial charge in [-0.3, -0.25) is 9.59 Å². The molecular formula is C34H47NO5. The van der Waals surface area contributed by atoms with Crippen LogP contribution in [0.4, 0.5) is 0 Å². The smallest absolute Gasteiger partial charge is 0.295 e. The third-order valence-corrected chi connectivity index (χ3v) is 7.86. The number of benzene rings is 2. The number of likely N-dealkylation sites (tertiary alicyclic amines) is 1. The first kappa shape index (κ1) is 31.3. The van der Waals surface area contributed by atoms with Crippen LogP contribution in [-0.2, 0) is 9.59 Å². The van der Waals surface area contributed by atoms with Crippen LogP contribution in [0.1, 0.15) is 114 Å². The van der Waals surface area contributed by atoms with Crippen molar-refractivity contribution in [3.8, 4) is 11.5 Å². The van der Waals surface area contributed by atoms with Gasteiger partial charge in [0.1, 0.15) is 5.76 Å². The lowest BCUT2D eigenvalue weighted by atomic mass is 9.95. The van der Waals surface area contributed by atoms with Crippen molar-refractivity contribution < 1.29 is 24.5 Å². The second-order valence-electron chi connectivity index (χ2n) is 10.9. The van der Waals surface area contributed by atoms with Crippen LogP contribution in [0, 0.1) is 0 Å². The molecule has 0 saturated carbocycles. The number of nitrogens with zero attached hydrogens (tertiary/aromatic N) is 1. The lowest BCUT2D eigenvalue weighted by molar-refractivity contribution is -0.139. The van der Waals surface area contributed by atoms with Crippen molar-refractivity contribution in [2.45, 2.75) is 103 Å². The Kier molecular flexibility index (Phi) is 13.1. The summed E-state index contributed by atoms with van der Waals surface area (Å²) in [6.07, 6.45) is 17.4. The molecule has 6 nitrogen and oxygen atoms in total. The minimum Gasteiger partial charge on any atom is -0.507 e. The highest BCUT2D eigenvalue weighted by atomic mass is 16.5. The summed E-state index contributed by atoms with van der Waals surface area (Å²) < 4.78 is 5.28. The Bertz CT molecular complexity index is 1110. The van der Waals surface area contributed by atoms with Crippen molar-refractivity contribution in [3.63, 3.8) is 0 Å². The topological polar surface area (TPSA) is 87.1 Å². The van der Waals surface area contributed by atoms with Gasteiger partial charge in [-0.2, -0.15) is 0 Å². The largest absolute Gasteiger partial charge is 0.507 e. The predicted molar refractivity (Wildman–Crippen MR) is 160 cm³/mol. The van der Waals surface area contributed by atoms with Crippen molar-refractivity contribution in [1.29, 1.82) is 0 Å². The van der Waals surface area contributed by atoms with Gasteiger partial charge in [0.05, 0.1) is 18.7 Å². The molecule has 218 valence electrons. The molecular weight excluding hydrogens is 502 g/mol. The van der Waals surface area contributed by atoms with E-state index in [9.17, 15) is 19.8 Å². The molecule has 40 heavy (non-hydrogen) atoms. The molecule has 1 aliphatic rings. The van der Waals surface area contributed by atoms with Gasteiger partial charge in [0.15, 0.2) is 11.5 Å². The van der Waals surface area contributed by atoms with Gasteiger partial charge < -0.3 is 19.8 Å². The average molecular weight is 550 g/mol. The third kappa shape index (κ3) is 8.61. The number of methoxy groups -OCH3 is 1. The standard InChI is InChI=1S/C34H47NO5/c1-3-4-5-6-7-8-9-10-11-12-13-14-15-19-24-35-31(27-22-23-28(36)29(25-27)40-2)30(33(38)34(35)39)32(37)26-20-17-16-18-21-26/h16-18,20-23,25,31,36-37H,3-15,19,24H2,1-2H3. The Morgan fingerprint density at radius 3 is 1.90 bits per heavy atom. The lowest BCUT2D eigenvalue weighted by Crippen LogP contribution is -2.30. The number of Topliss-reactive ketones (excluding diaryl/α,β-unsaturated/α-hetero) is 1. The van der Waals surface area contributed by atoms with Crippen molar-refractivity contribution in [2.24, 2.45) is 0 Å². The molecule has 1 heterocycles. The van der Waals surface area contributed by atoms with Gasteiger partial charge >= 0.3 is 0 Å². The zero-order valence-corrected chi connectivity index (χ0v) is 24.4. The Balaban J connectivity index is 1.57. The fourth-order valence-electron chi connectivity index (χ4n) is 5.55. The Labute approximate surface area is 240 Å². The molecule has 2 N–H and O–H groups in total. The molecule has 2 aromatic rings. The predicted octanol–water partition coefficient (Wildman–Crippen LogP) is 8.30. The molecule has 1 fully saturated rings. The van der Waals surface area contributed by atoms with Gasteiger partial charge in [-0.25, -0.2) is 0 Å². The maximum Gasteiger partial charge on any atom is 0.295 e. The van der Waals surface area contributed by atoms with Crippen LogP contribution in [0.2, 0.25) is 0 Å². The van der Waals surface area contributed by atoms with Crippen LogP contribution in [0.5, 0.6) is 11.5 Å². The number of aromatic hydroxyl groups is 1. The van der Waals surface area contributed by atoms with E-state index in [0.717, 1.165) is 19.3 Å². The normalized spacial score (nSPS) is 16.6. The lowest BCUT2D eigenvalue weighted by Gasteiger charge is -2.26. The minimum atomic E-state index is -0.753. The number of unbranched alkanes of at least 4 members (excludes halogenated alkanes) is 13. The number of aliphatic hydroxyl groups excluding tert-OH is 1. The molecule has 1 atom stereocenters. The van der Waals surface area contributed by atoms with Crippen molar-refractivity contribution >= 4 is 17.4 Å². The molecule has 1 unspecified atom stereocenters. The first-order valence-corrected chi connectivity index (χ1v) is 15.2. The number of aliphatic hydroxyl groups is 1. The Hall–Kier alpha value is -3.28. The number of hydrogen-bond donors (Lipinski definition) is 2. The summed E-state index contributed by atoms with van der Waals surface area (Å²) >= 11 is 0. The fourth-order valence-corrected chi connectivity index (χ4v) is 5.55. The number of carbonyl (C=O) groups is 2. The molecule has 0 aliphatic carbocycles. The Morgan fingerprint density at radius 1 is 0.800 bits per heavy atom. The maximum atomic E-state index is 13.2. The van der Waals surface area contributed by atoms with Gasteiger partial charge in [-0.1, -0.05) is 127 Å². The van der Waals surface area contributed by atoms with Crippen LogP contribution in [0.15, 0.2) is 54.1 Å². The third-order valence-electron chi connectivity index (χ3n) is 7.86.